The third kappa shape index (κ3) is 5.49. The first kappa shape index (κ1) is 19.8. The molecule has 0 bridgehead atoms. The van der Waals surface area contributed by atoms with Crippen molar-refractivity contribution in [3.8, 4) is 5.75 Å². The average molecular weight is 376 g/mol. The number of aryl methyl sites for hydroxylation is 2. The Hall–Kier alpha value is -2.53. The zero-order valence-corrected chi connectivity index (χ0v) is 15.8. The van der Waals surface area contributed by atoms with Gasteiger partial charge >= 0.3 is 5.97 Å². The Bertz CT molecular complexity index is 774. The Morgan fingerprint density at radius 1 is 1.15 bits per heavy atom. The third-order valence-corrected chi connectivity index (χ3v) is 4.06. The van der Waals surface area contributed by atoms with Crippen molar-refractivity contribution in [3.63, 3.8) is 0 Å². The van der Waals surface area contributed by atoms with Gasteiger partial charge in [0.15, 0.2) is 12.7 Å². The second kappa shape index (κ2) is 9.25. The molecule has 0 radical (unpaired) electrons. The molecule has 6 heteroatoms. The van der Waals surface area contributed by atoms with E-state index in [1.807, 2.05) is 32.0 Å². The fraction of sp³-hybridized carbons (Fsp3) is 0.300. The molecule has 5 nitrogen and oxygen atoms in total. The number of para-hydroxylation sites is 1. The zero-order valence-electron chi connectivity index (χ0n) is 15.0. The molecule has 1 atom stereocenters. The number of carbonyl (C=O) groups is 2. The van der Waals surface area contributed by atoms with Crippen LogP contribution in [-0.4, -0.2) is 24.6 Å². The van der Waals surface area contributed by atoms with Gasteiger partial charge < -0.3 is 14.8 Å². The number of hydrogen-bond acceptors (Lipinski definition) is 4. The number of ether oxygens (including phenoxy) is 2. The van der Waals surface area contributed by atoms with E-state index in [0.717, 1.165) is 23.2 Å². The van der Waals surface area contributed by atoms with Crippen LogP contribution in [0, 0.1) is 6.92 Å². The second-order valence-corrected chi connectivity index (χ2v) is 6.27. The summed E-state index contributed by atoms with van der Waals surface area (Å²) in [5.74, 6) is -0.507. The molecule has 26 heavy (non-hydrogen) atoms. The lowest BCUT2D eigenvalue weighted by atomic mass is 10.1. The fourth-order valence-electron chi connectivity index (χ4n) is 2.40. The molecule has 0 aliphatic heterocycles. The third-order valence-electron chi connectivity index (χ3n) is 3.81. The molecule has 138 valence electrons. The quantitative estimate of drug-likeness (QED) is 0.738. The second-order valence-electron chi connectivity index (χ2n) is 5.83. The van der Waals surface area contributed by atoms with Gasteiger partial charge in [-0.1, -0.05) is 36.7 Å². The van der Waals surface area contributed by atoms with Crippen LogP contribution in [0.25, 0.3) is 0 Å². The van der Waals surface area contributed by atoms with Crippen molar-refractivity contribution in [3.05, 3.63) is 58.6 Å². The monoisotopic (exact) mass is 375 g/mol. The molecule has 0 aliphatic carbocycles. The summed E-state index contributed by atoms with van der Waals surface area (Å²) in [6.45, 7) is 5.12. The van der Waals surface area contributed by atoms with Gasteiger partial charge in [-0.05, 0) is 55.7 Å². The minimum absolute atomic E-state index is 0.370. The number of hydrogen-bond donors (Lipinski definition) is 1. The number of anilines is 1. The van der Waals surface area contributed by atoms with Gasteiger partial charge in [-0.2, -0.15) is 0 Å². The van der Waals surface area contributed by atoms with Gasteiger partial charge in [0, 0.05) is 10.7 Å². The Balaban J connectivity index is 1.86. The minimum Gasteiger partial charge on any atom is -0.479 e. The summed E-state index contributed by atoms with van der Waals surface area (Å²) in [5.41, 5.74) is 2.76. The van der Waals surface area contributed by atoms with E-state index in [-0.39, 0.29) is 12.5 Å². The molecule has 1 amide bonds. The van der Waals surface area contributed by atoms with Gasteiger partial charge in [0.2, 0.25) is 0 Å². The Labute approximate surface area is 158 Å². The Kier molecular flexibility index (Phi) is 7.04. The number of amides is 1. The van der Waals surface area contributed by atoms with Crippen LogP contribution >= 0.6 is 11.6 Å². The fourth-order valence-corrected chi connectivity index (χ4v) is 2.52. The molecule has 0 unspecified atom stereocenters. The smallest absolute Gasteiger partial charge is 0.347 e. The maximum atomic E-state index is 12.1. The van der Waals surface area contributed by atoms with E-state index in [1.54, 1.807) is 31.2 Å². The molecule has 0 spiro atoms. The molecular formula is C20H22ClNO4. The van der Waals surface area contributed by atoms with E-state index in [9.17, 15) is 9.59 Å². The molecule has 2 aromatic carbocycles. The summed E-state index contributed by atoms with van der Waals surface area (Å²) in [7, 11) is 0. The number of rotatable bonds is 7. The van der Waals surface area contributed by atoms with Crippen LogP contribution in [0.15, 0.2) is 42.5 Å². The molecule has 0 saturated carbocycles. The molecule has 1 N–H and O–H groups in total. The van der Waals surface area contributed by atoms with Gasteiger partial charge in [-0.3, -0.25) is 4.79 Å². The number of carbonyl (C=O) groups excluding carboxylic acids is 2. The first-order chi connectivity index (χ1) is 12.4. The van der Waals surface area contributed by atoms with Crippen LogP contribution in [-0.2, 0) is 20.7 Å². The van der Waals surface area contributed by atoms with E-state index in [2.05, 4.69) is 5.32 Å². The highest BCUT2D eigenvalue weighted by molar-refractivity contribution is 6.30. The topological polar surface area (TPSA) is 64.6 Å². The molecule has 0 heterocycles. The van der Waals surface area contributed by atoms with Crippen LogP contribution < -0.4 is 10.1 Å². The number of halogens is 1. The summed E-state index contributed by atoms with van der Waals surface area (Å²) in [4.78, 5) is 24.1. The van der Waals surface area contributed by atoms with Crippen molar-refractivity contribution in [2.45, 2.75) is 33.3 Å². The predicted molar refractivity (Wildman–Crippen MR) is 102 cm³/mol. The highest BCUT2D eigenvalue weighted by Gasteiger charge is 2.18. The van der Waals surface area contributed by atoms with Gasteiger partial charge in [-0.15, -0.1) is 0 Å². The SMILES string of the molecule is CCc1cccc(C)c1NC(=O)COC(=O)[C@@H](C)Oc1ccc(Cl)cc1. The summed E-state index contributed by atoms with van der Waals surface area (Å²) in [6.07, 6.45) is -0.0445. The molecule has 0 aliphatic rings. The van der Waals surface area contributed by atoms with Gasteiger partial charge in [0.1, 0.15) is 5.75 Å². The van der Waals surface area contributed by atoms with Crippen molar-refractivity contribution >= 4 is 29.2 Å². The zero-order chi connectivity index (χ0) is 19.1. The average Bonchev–Trinajstić information content (AvgIpc) is 2.63. The molecule has 2 aromatic rings. The first-order valence-electron chi connectivity index (χ1n) is 8.38. The van der Waals surface area contributed by atoms with Crippen molar-refractivity contribution in [2.24, 2.45) is 0 Å². The highest BCUT2D eigenvalue weighted by atomic mass is 35.5. The molecule has 2 rings (SSSR count). The lowest BCUT2D eigenvalue weighted by molar-refractivity contribution is -0.153. The van der Waals surface area contributed by atoms with E-state index >= 15 is 0 Å². The Morgan fingerprint density at radius 2 is 1.85 bits per heavy atom. The number of esters is 1. The number of benzene rings is 2. The summed E-state index contributed by atoms with van der Waals surface area (Å²) >= 11 is 5.80. The van der Waals surface area contributed by atoms with Gasteiger partial charge in [-0.25, -0.2) is 4.79 Å². The lowest BCUT2D eigenvalue weighted by Gasteiger charge is -2.15. The molecule has 0 fully saturated rings. The van der Waals surface area contributed by atoms with Crippen molar-refractivity contribution < 1.29 is 19.1 Å². The van der Waals surface area contributed by atoms with Crippen LogP contribution in [0.2, 0.25) is 5.02 Å². The maximum absolute atomic E-state index is 12.1. The van der Waals surface area contributed by atoms with Crippen molar-refractivity contribution in [1.82, 2.24) is 0 Å². The van der Waals surface area contributed by atoms with Crippen LogP contribution in [0.1, 0.15) is 25.0 Å². The first-order valence-corrected chi connectivity index (χ1v) is 8.75. The summed E-state index contributed by atoms with van der Waals surface area (Å²) in [5, 5.41) is 3.38. The molecule has 0 aromatic heterocycles. The largest absolute Gasteiger partial charge is 0.479 e. The van der Waals surface area contributed by atoms with Crippen molar-refractivity contribution in [2.75, 3.05) is 11.9 Å². The normalized spacial score (nSPS) is 11.5. The van der Waals surface area contributed by atoms with E-state index < -0.39 is 12.1 Å². The van der Waals surface area contributed by atoms with Gasteiger partial charge in [0.25, 0.3) is 5.91 Å². The molecular weight excluding hydrogens is 354 g/mol. The van der Waals surface area contributed by atoms with E-state index in [4.69, 9.17) is 21.1 Å². The van der Waals surface area contributed by atoms with E-state index in [0.29, 0.717) is 10.8 Å². The van der Waals surface area contributed by atoms with Gasteiger partial charge in [0.05, 0.1) is 0 Å². The predicted octanol–water partition coefficient (Wildman–Crippen LogP) is 4.16. The van der Waals surface area contributed by atoms with Crippen LogP contribution in [0.4, 0.5) is 5.69 Å². The summed E-state index contributed by atoms with van der Waals surface area (Å²) in [6, 6.07) is 12.5. The Morgan fingerprint density at radius 3 is 2.50 bits per heavy atom. The minimum atomic E-state index is -0.839. The van der Waals surface area contributed by atoms with E-state index in [1.165, 1.54) is 0 Å². The summed E-state index contributed by atoms with van der Waals surface area (Å²) < 4.78 is 10.5. The highest BCUT2D eigenvalue weighted by Crippen LogP contribution is 2.21. The van der Waals surface area contributed by atoms with Crippen LogP contribution in [0.3, 0.4) is 0 Å². The standard InChI is InChI=1S/C20H22ClNO4/c1-4-15-7-5-6-13(2)19(15)22-18(23)12-25-20(24)14(3)26-17-10-8-16(21)9-11-17/h5-11,14H,4,12H2,1-3H3,(H,22,23)/t14-/m1/s1. The molecule has 0 saturated heterocycles. The number of nitrogens with one attached hydrogen (secondary N) is 1. The lowest BCUT2D eigenvalue weighted by Crippen LogP contribution is -2.30. The maximum Gasteiger partial charge on any atom is 0.347 e. The van der Waals surface area contributed by atoms with Crippen LogP contribution in [0.5, 0.6) is 5.75 Å². The van der Waals surface area contributed by atoms with Crippen molar-refractivity contribution in [1.29, 1.82) is 0 Å².